The molecule has 0 fully saturated rings. The molecule has 4 aromatic carbocycles. The highest BCUT2D eigenvalue weighted by Crippen LogP contribution is 2.37. The van der Waals surface area contributed by atoms with Gasteiger partial charge in [0.05, 0.1) is 23.4 Å². The lowest BCUT2D eigenvalue weighted by atomic mass is 10.1. The van der Waals surface area contributed by atoms with Crippen LogP contribution in [0.4, 0.5) is 18.9 Å². The third-order valence-electron chi connectivity index (χ3n) is 5.77. The summed E-state index contributed by atoms with van der Waals surface area (Å²) in [6.45, 7) is 2.75. The number of alkyl halides is 3. The van der Waals surface area contributed by atoms with Crippen LogP contribution < -0.4 is 4.74 Å². The Morgan fingerprint density at radius 2 is 1.64 bits per heavy atom. The number of hydrogen-bond acceptors (Lipinski definition) is 4. The molecule has 0 radical (unpaired) electrons. The smallest absolute Gasteiger partial charge is 0.417 e. The summed E-state index contributed by atoms with van der Waals surface area (Å²) in [7, 11) is 1.59. The Balaban J connectivity index is 1.82. The van der Waals surface area contributed by atoms with Gasteiger partial charge in [0.1, 0.15) is 11.5 Å². The number of aromatic hydroxyl groups is 1. The third kappa shape index (κ3) is 7.94. The fourth-order valence-corrected chi connectivity index (χ4v) is 5.09. The molecule has 0 heterocycles. The van der Waals surface area contributed by atoms with Gasteiger partial charge in [-0.1, -0.05) is 65.3 Å². The largest absolute Gasteiger partial charge is 0.508 e. The van der Waals surface area contributed by atoms with E-state index in [1.165, 1.54) is 23.9 Å². The summed E-state index contributed by atoms with van der Waals surface area (Å²) >= 11 is 7.22. The van der Waals surface area contributed by atoms with Crippen LogP contribution in [-0.4, -0.2) is 22.3 Å². The highest BCUT2D eigenvalue weighted by Gasteiger charge is 2.33. The number of phenols is 1. The standard InChI is InChI=1S/C30H26ClF3N2O2S/c1-20-5-3-8-26(15-20)39-29(35-23-11-14-28(31)27(17-23)30(32,33)34)36(18-21-9-12-24(37)13-10-21)19-22-6-4-7-25(16-22)38-2/h3-17,37H,18-19H2,1-2H3. The van der Waals surface area contributed by atoms with Gasteiger partial charge >= 0.3 is 6.18 Å². The first-order chi connectivity index (χ1) is 18.6. The summed E-state index contributed by atoms with van der Waals surface area (Å²) in [4.78, 5) is 7.59. The Morgan fingerprint density at radius 3 is 2.33 bits per heavy atom. The molecule has 39 heavy (non-hydrogen) atoms. The van der Waals surface area contributed by atoms with Crippen molar-refractivity contribution in [2.45, 2.75) is 31.1 Å². The Labute approximate surface area is 234 Å². The lowest BCUT2D eigenvalue weighted by Crippen LogP contribution is -2.28. The zero-order chi connectivity index (χ0) is 28.0. The van der Waals surface area contributed by atoms with Crippen molar-refractivity contribution in [1.29, 1.82) is 0 Å². The van der Waals surface area contributed by atoms with Crippen molar-refractivity contribution >= 4 is 34.2 Å². The Kier molecular flexibility index (Phi) is 9.09. The predicted octanol–water partition coefficient (Wildman–Crippen LogP) is 8.86. The van der Waals surface area contributed by atoms with Crippen molar-refractivity contribution < 1.29 is 23.0 Å². The van der Waals surface area contributed by atoms with Gasteiger partial charge in [-0.05, 0) is 72.6 Å². The minimum atomic E-state index is -4.61. The molecular formula is C30H26ClF3N2O2S. The van der Waals surface area contributed by atoms with Crippen molar-refractivity contribution in [3.8, 4) is 11.5 Å². The van der Waals surface area contributed by atoms with Crippen molar-refractivity contribution in [2.75, 3.05) is 7.11 Å². The summed E-state index contributed by atoms with van der Waals surface area (Å²) in [5, 5.41) is 9.87. The summed E-state index contributed by atoms with van der Waals surface area (Å²) in [5.74, 6) is 0.830. The molecular weight excluding hydrogens is 545 g/mol. The van der Waals surface area contributed by atoms with Gasteiger partial charge in [-0.25, -0.2) is 4.99 Å². The number of rotatable bonds is 7. The van der Waals surface area contributed by atoms with E-state index in [1.54, 1.807) is 31.4 Å². The summed E-state index contributed by atoms with van der Waals surface area (Å²) in [5.41, 5.74) is 2.05. The second-order valence-corrected chi connectivity index (χ2v) is 10.3. The fourth-order valence-electron chi connectivity index (χ4n) is 3.86. The molecule has 4 nitrogen and oxygen atoms in total. The van der Waals surface area contributed by atoms with Crippen LogP contribution in [0.2, 0.25) is 5.02 Å². The average Bonchev–Trinajstić information content (AvgIpc) is 2.90. The number of phenolic OH excluding ortho intramolecular Hbond substituents is 1. The summed E-state index contributed by atoms with van der Waals surface area (Å²) in [6.07, 6.45) is -4.61. The maximum absolute atomic E-state index is 13.6. The molecule has 0 amide bonds. The van der Waals surface area contributed by atoms with Crippen LogP contribution in [-0.2, 0) is 19.3 Å². The number of benzene rings is 4. The molecule has 9 heteroatoms. The number of aryl methyl sites for hydroxylation is 1. The zero-order valence-electron chi connectivity index (χ0n) is 21.2. The van der Waals surface area contributed by atoms with Crippen LogP contribution in [0.15, 0.2) is 101 Å². The number of aliphatic imine (C=N–C) groups is 1. The van der Waals surface area contributed by atoms with Gasteiger partial charge in [0, 0.05) is 18.0 Å². The Bertz CT molecular complexity index is 1460. The Morgan fingerprint density at radius 1 is 0.923 bits per heavy atom. The van der Waals surface area contributed by atoms with E-state index in [2.05, 4.69) is 0 Å². The van der Waals surface area contributed by atoms with Gasteiger partial charge in [0.25, 0.3) is 0 Å². The maximum atomic E-state index is 13.6. The van der Waals surface area contributed by atoms with E-state index in [1.807, 2.05) is 60.4 Å². The quantitative estimate of drug-likeness (QED) is 0.137. The van der Waals surface area contributed by atoms with Crippen LogP contribution >= 0.6 is 23.4 Å². The molecule has 0 atom stereocenters. The van der Waals surface area contributed by atoms with Gasteiger partial charge < -0.3 is 14.7 Å². The first kappa shape index (κ1) is 28.4. The highest BCUT2D eigenvalue weighted by molar-refractivity contribution is 8.13. The summed E-state index contributed by atoms with van der Waals surface area (Å²) < 4.78 is 46.2. The van der Waals surface area contributed by atoms with Crippen LogP contribution in [0.25, 0.3) is 0 Å². The molecule has 202 valence electrons. The minimum absolute atomic E-state index is 0.128. The van der Waals surface area contributed by atoms with Gasteiger partial charge in [0.2, 0.25) is 0 Å². The van der Waals surface area contributed by atoms with Crippen LogP contribution in [0.3, 0.4) is 0 Å². The van der Waals surface area contributed by atoms with Gasteiger partial charge in [-0.3, -0.25) is 0 Å². The van der Waals surface area contributed by atoms with Crippen LogP contribution in [0.5, 0.6) is 11.5 Å². The number of amidine groups is 1. The molecule has 0 aliphatic heterocycles. The minimum Gasteiger partial charge on any atom is -0.508 e. The zero-order valence-corrected chi connectivity index (χ0v) is 22.8. The SMILES string of the molecule is COc1cccc(CN(Cc2ccc(O)cc2)C(=Nc2ccc(Cl)c(C(F)(F)F)c2)Sc2cccc(C)c2)c1. The average molecular weight is 571 g/mol. The van der Waals surface area contributed by atoms with Gasteiger partial charge in [-0.15, -0.1) is 0 Å². The number of methoxy groups -OCH3 is 1. The van der Waals surface area contributed by atoms with E-state index in [4.69, 9.17) is 21.3 Å². The molecule has 0 aliphatic carbocycles. The number of halogens is 4. The molecule has 0 bridgehead atoms. The monoisotopic (exact) mass is 570 g/mol. The molecule has 0 saturated carbocycles. The van der Waals surface area contributed by atoms with Crippen molar-refractivity contribution in [1.82, 2.24) is 4.90 Å². The van der Waals surface area contributed by atoms with E-state index in [0.29, 0.717) is 24.0 Å². The molecule has 1 N–H and O–H groups in total. The number of thioether (sulfide) groups is 1. The maximum Gasteiger partial charge on any atom is 0.417 e. The van der Waals surface area contributed by atoms with E-state index < -0.39 is 11.7 Å². The van der Waals surface area contributed by atoms with Gasteiger partial charge in [0.15, 0.2) is 5.17 Å². The van der Waals surface area contributed by atoms with Crippen LogP contribution in [0.1, 0.15) is 22.3 Å². The van der Waals surface area contributed by atoms with Crippen molar-refractivity contribution in [3.63, 3.8) is 0 Å². The molecule has 0 spiro atoms. The second-order valence-electron chi connectivity index (χ2n) is 8.85. The number of ether oxygens (including phenoxy) is 1. The molecule has 4 aromatic rings. The predicted molar refractivity (Wildman–Crippen MR) is 151 cm³/mol. The normalized spacial score (nSPS) is 11.9. The fraction of sp³-hybridized carbons (Fsp3) is 0.167. The first-order valence-electron chi connectivity index (χ1n) is 12.0. The topological polar surface area (TPSA) is 45.1 Å². The van der Waals surface area contributed by atoms with E-state index in [-0.39, 0.29) is 16.5 Å². The van der Waals surface area contributed by atoms with Crippen molar-refractivity contribution in [2.24, 2.45) is 4.99 Å². The van der Waals surface area contributed by atoms with Crippen molar-refractivity contribution in [3.05, 3.63) is 118 Å². The van der Waals surface area contributed by atoms with E-state index >= 15 is 0 Å². The molecule has 0 saturated heterocycles. The number of nitrogens with zero attached hydrogens (tertiary/aromatic N) is 2. The molecule has 0 aromatic heterocycles. The number of hydrogen-bond donors (Lipinski definition) is 1. The first-order valence-corrected chi connectivity index (χ1v) is 13.2. The third-order valence-corrected chi connectivity index (χ3v) is 7.12. The lowest BCUT2D eigenvalue weighted by Gasteiger charge is -2.27. The Hall–Kier alpha value is -3.62. The molecule has 0 aliphatic rings. The lowest BCUT2D eigenvalue weighted by molar-refractivity contribution is -0.137. The van der Waals surface area contributed by atoms with E-state index in [9.17, 15) is 18.3 Å². The van der Waals surface area contributed by atoms with E-state index in [0.717, 1.165) is 27.7 Å². The highest BCUT2D eigenvalue weighted by atomic mass is 35.5. The summed E-state index contributed by atoms with van der Waals surface area (Å²) in [6, 6.07) is 25.8. The molecule has 4 rings (SSSR count). The second kappa shape index (κ2) is 12.5. The molecule has 0 unspecified atom stereocenters. The van der Waals surface area contributed by atoms with Gasteiger partial charge in [-0.2, -0.15) is 13.2 Å². The van der Waals surface area contributed by atoms with Crippen LogP contribution in [0, 0.1) is 6.92 Å².